The Bertz CT molecular complexity index is 804. The molecule has 6 nitrogen and oxygen atoms in total. The molecule has 0 aromatic heterocycles. The summed E-state index contributed by atoms with van der Waals surface area (Å²) in [6.45, 7) is 2.72. The summed E-state index contributed by atoms with van der Waals surface area (Å²) >= 11 is 0. The fourth-order valence-electron chi connectivity index (χ4n) is 5.03. The maximum absolute atomic E-state index is 13.5. The second-order valence-electron chi connectivity index (χ2n) is 9.25. The normalized spacial score (nSPS) is 23.3. The number of carbonyl (C=O) groups is 2. The van der Waals surface area contributed by atoms with Gasteiger partial charge in [-0.1, -0.05) is 49.6 Å². The average Bonchev–Trinajstić information content (AvgIpc) is 3.20. The van der Waals surface area contributed by atoms with Crippen molar-refractivity contribution in [3.05, 3.63) is 35.9 Å². The average molecular weight is 443 g/mol. The highest BCUT2D eigenvalue weighted by Gasteiger charge is 2.39. The van der Waals surface area contributed by atoms with Crippen LogP contribution in [0.4, 0.5) is 4.39 Å². The van der Waals surface area contributed by atoms with Gasteiger partial charge in [0.2, 0.25) is 11.8 Å². The largest absolute Gasteiger partial charge is 0.349 e. The van der Waals surface area contributed by atoms with Crippen LogP contribution < -0.4 is 10.6 Å². The van der Waals surface area contributed by atoms with Crippen molar-refractivity contribution < 1.29 is 14.0 Å². The molecule has 1 unspecified atom stereocenters. The van der Waals surface area contributed by atoms with Gasteiger partial charge in [0, 0.05) is 11.8 Å². The number of halogens is 1. The number of rotatable bonds is 9. The Kier molecular flexibility index (Phi) is 8.63. The van der Waals surface area contributed by atoms with Crippen LogP contribution in [0.1, 0.15) is 69.9 Å². The molecule has 3 rings (SSSR count). The molecule has 1 aromatic carbocycles. The van der Waals surface area contributed by atoms with Gasteiger partial charge in [0.15, 0.2) is 0 Å². The summed E-state index contributed by atoms with van der Waals surface area (Å²) in [6, 6.07) is 11.3. The van der Waals surface area contributed by atoms with Crippen LogP contribution in [0.15, 0.2) is 30.3 Å². The molecule has 1 saturated carbocycles. The number of amides is 2. The van der Waals surface area contributed by atoms with Gasteiger partial charge in [0.25, 0.3) is 0 Å². The number of alkyl halides is 1. The molecule has 174 valence electrons. The topological polar surface area (TPSA) is 85.2 Å². The number of hydrogen-bond acceptors (Lipinski definition) is 4. The van der Waals surface area contributed by atoms with E-state index in [-0.39, 0.29) is 42.8 Å². The Morgan fingerprint density at radius 3 is 2.66 bits per heavy atom. The Hall–Kier alpha value is -2.46. The summed E-state index contributed by atoms with van der Waals surface area (Å²) in [6.07, 6.45) is 5.63. The van der Waals surface area contributed by atoms with Gasteiger partial charge < -0.3 is 15.5 Å². The van der Waals surface area contributed by atoms with Crippen LogP contribution >= 0.6 is 0 Å². The molecule has 1 saturated heterocycles. The Morgan fingerprint density at radius 2 is 1.97 bits per heavy atom. The molecule has 0 spiro atoms. The number of nitriles is 1. The van der Waals surface area contributed by atoms with Crippen molar-refractivity contribution in [1.82, 2.24) is 15.5 Å². The lowest BCUT2D eigenvalue weighted by molar-refractivity contribution is -0.134. The molecule has 2 fully saturated rings. The quantitative estimate of drug-likeness (QED) is 0.572. The van der Waals surface area contributed by atoms with Crippen LogP contribution in [-0.2, 0) is 9.59 Å². The minimum atomic E-state index is -1.12. The van der Waals surface area contributed by atoms with Crippen LogP contribution in [0.25, 0.3) is 0 Å². The minimum Gasteiger partial charge on any atom is -0.349 e. The second-order valence-corrected chi connectivity index (χ2v) is 9.25. The van der Waals surface area contributed by atoms with Gasteiger partial charge >= 0.3 is 0 Å². The number of benzene rings is 1. The van der Waals surface area contributed by atoms with Gasteiger partial charge in [0.05, 0.1) is 25.2 Å². The van der Waals surface area contributed by atoms with Gasteiger partial charge in [-0.25, -0.2) is 4.39 Å². The first-order chi connectivity index (χ1) is 15.4. The maximum Gasteiger partial charge on any atom is 0.237 e. The molecule has 1 aliphatic heterocycles. The van der Waals surface area contributed by atoms with Gasteiger partial charge in [-0.3, -0.25) is 9.59 Å². The molecule has 1 aliphatic carbocycles. The second kappa shape index (κ2) is 11.4. The van der Waals surface area contributed by atoms with Crippen LogP contribution in [0.5, 0.6) is 0 Å². The fourth-order valence-corrected chi connectivity index (χ4v) is 5.03. The highest BCUT2D eigenvalue weighted by molar-refractivity contribution is 5.83. The first kappa shape index (κ1) is 24.2. The van der Waals surface area contributed by atoms with E-state index >= 15 is 0 Å². The fraction of sp³-hybridized carbons (Fsp3) is 0.640. The van der Waals surface area contributed by atoms with Crippen LogP contribution in [0, 0.1) is 16.7 Å². The molecular formula is C25H35FN4O2. The number of likely N-dealkylation sites (tertiary alicyclic amines) is 1. The number of nitrogens with one attached hydrogen (secondary N) is 2. The molecule has 32 heavy (non-hydrogen) atoms. The zero-order valence-electron chi connectivity index (χ0n) is 19.0. The van der Waals surface area contributed by atoms with Crippen LogP contribution in [0.2, 0.25) is 0 Å². The highest BCUT2D eigenvalue weighted by atomic mass is 19.1. The third-order valence-corrected chi connectivity index (χ3v) is 6.94. The molecular weight excluding hydrogens is 407 g/mol. The highest BCUT2D eigenvalue weighted by Crippen LogP contribution is 2.41. The van der Waals surface area contributed by atoms with Crippen LogP contribution in [0.3, 0.4) is 0 Å². The molecule has 2 N–H and O–H groups in total. The van der Waals surface area contributed by atoms with E-state index in [2.05, 4.69) is 10.6 Å². The van der Waals surface area contributed by atoms with Crippen LogP contribution in [-0.4, -0.2) is 48.6 Å². The Labute approximate surface area is 190 Å². The monoisotopic (exact) mass is 442 g/mol. The lowest BCUT2D eigenvalue weighted by atomic mass is 9.70. The summed E-state index contributed by atoms with van der Waals surface area (Å²) in [5.74, 6) is -0.106. The third kappa shape index (κ3) is 6.07. The zero-order chi connectivity index (χ0) is 23.0. The first-order valence-corrected chi connectivity index (χ1v) is 11.8. The van der Waals surface area contributed by atoms with E-state index in [1.165, 1.54) is 11.3 Å². The van der Waals surface area contributed by atoms with Crippen molar-refractivity contribution in [2.45, 2.75) is 76.5 Å². The SMILES string of the molecule is C[C@@H](NC(=O)C1(CCCNCC(=O)N2C[C@@H](F)CC2C#N)CCCCC1)c1ccccc1. The number of carbonyl (C=O) groups excluding carboxylic acids is 2. The molecule has 0 radical (unpaired) electrons. The summed E-state index contributed by atoms with van der Waals surface area (Å²) in [5, 5.41) is 15.5. The smallest absolute Gasteiger partial charge is 0.237 e. The minimum absolute atomic E-state index is 0.00161. The van der Waals surface area contributed by atoms with Crippen molar-refractivity contribution in [1.29, 1.82) is 5.26 Å². The molecule has 3 atom stereocenters. The Morgan fingerprint density at radius 1 is 1.25 bits per heavy atom. The van der Waals surface area contributed by atoms with Crippen molar-refractivity contribution in [2.24, 2.45) is 5.41 Å². The number of nitrogens with zero attached hydrogens (tertiary/aromatic N) is 2. The van der Waals surface area contributed by atoms with Gasteiger partial charge in [-0.2, -0.15) is 5.26 Å². The van der Waals surface area contributed by atoms with Gasteiger partial charge in [0.1, 0.15) is 12.2 Å². The molecule has 7 heteroatoms. The molecule has 0 bridgehead atoms. The van der Waals surface area contributed by atoms with Gasteiger partial charge in [-0.05, 0) is 44.7 Å². The molecule has 2 amide bonds. The lowest BCUT2D eigenvalue weighted by Gasteiger charge is -2.37. The molecule has 1 heterocycles. The summed E-state index contributed by atoms with van der Waals surface area (Å²) in [5.41, 5.74) is 0.745. The van der Waals surface area contributed by atoms with E-state index in [1.807, 2.05) is 43.3 Å². The van der Waals surface area contributed by atoms with Gasteiger partial charge in [-0.15, -0.1) is 0 Å². The summed E-state index contributed by atoms with van der Waals surface area (Å²) in [4.78, 5) is 27.0. The van der Waals surface area contributed by atoms with E-state index in [4.69, 9.17) is 5.26 Å². The third-order valence-electron chi connectivity index (χ3n) is 6.94. The standard InChI is InChI=1S/C25H35FN4O2/c1-19(20-9-4-2-5-10-20)29-24(32)25(11-6-3-7-12-25)13-8-14-28-17-23(31)30-18-21(26)15-22(30)16-27/h2,4-5,9-10,19,21-22,28H,3,6-8,11-15,17-18H2,1H3,(H,29,32)/t19-,21+,22?/m1/s1. The Balaban J connectivity index is 1.47. The van der Waals surface area contributed by atoms with E-state index in [9.17, 15) is 14.0 Å². The first-order valence-electron chi connectivity index (χ1n) is 11.8. The number of hydrogen-bond donors (Lipinski definition) is 2. The van der Waals surface area contributed by atoms with Crippen molar-refractivity contribution in [2.75, 3.05) is 19.6 Å². The lowest BCUT2D eigenvalue weighted by Crippen LogP contribution is -2.44. The van der Waals surface area contributed by atoms with Crippen molar-refractivity contribution in [3.63, 3.8) is 0 Å². The summed E-state index contributed by atoms with van der Waals surface area (Å²) in [7, 11) is 0. The predicted octanol–water partition coefficient (Wildman–Crippen LogP) is 3.65. The van der Waals surface area contributed by atoms with Crippen molar-refractivity contribution >= 4 is 11.8 Å². The van der Waals surface area contributed by atoms with Crippen molar-refractivity contribution in [3.8, 4) is 6.07 Å². The molecule has 2 aliphatic rings. The van der Waals surface area contributed by atoms with E-state index < -0.39 is 12.2 Å². The zero-order valence-corrected chi connectivity index (χ0v) is 19.0. The molecule has 1 aromatic rings. The maximum atomic E-state index is 13.5. The van der Waals surface area contributed by atoms with E-state index in [0.29, 0.717) is 6.54 Å². The predicted molar refractivity (Wildman–Crippen MR) is 121 cm³/mol. The summed E-state index contributed by atoms with van der Waals surface area (Å²) < 4.78 is 13.5. The van der Waals surface area contributed by atoms with E-state index in [1.54, 1.807) is 0 Å². The van der Waals surface area contributed by atoms with E-state index in [0.717, 1.165) is 44.1 Å².